The van der Waals surface area contributed by atoms with Gasteiger partial charge in [-0.1, -0.05) is 0 Å². The fraction of sp³-hybridized carbons (Fsp3) is 0. The van der Waals surface area contributed by atoms with Crippen LogP contribution in [0.1, 0.15) is 0 Å². The van der Waals surface area contributed by atoms with Crippen molar-refractivity contribution in [2.45, 2.75) is 0 Å². The third kappa shape index (κ3) is 2.32. The molecule has 0 fully saturated rings. The van der Waals surface area contributed by atoms with Crippen LogP contribution in [0.2, 0.25) is 0 Å². The summed E-state index contributed by atoms with van der Waals surface area (Å²) >= 11 is 2.86. The van der Waals surface area contributed by atoms with Crippen LogP contribution in [0.25, 0.3) is 0 Å². The molecule has 2 aromatic rings. The molecule has 0 amide bonds. The van der Waals surface area contributed by atoms with E-state index in [-0.39, 0.29) is 0 Å². The molecule has 16 heavy (non-hydrogen) atoms. The summed E-state index contributed by atoms with van der Waals surface area (Å²) in [5.74, 6) is 0. The van der Waals surface area contributed by atoms with E-state index in [0.29, 0.717) is 4.67 Å². The first-order valence-electron chi connectivity index (χ1n) is 4.98. The number of anilines is 2. The van der Waals surface area contributed by atoms with E-state index in [1.807, 2.05) is 65.6 Å². The Morgan fingerprint density at radius 2 is 1.19 bits per heavy atom. The van der Waals surface area contributed by atoms with Crippen molar-refractivity contribution >= 4 is 31.6 Å². The molecule has 0 radical (unpaired) electrons. The molecule has 0 aliphatic heterocycles. The Balaban J connectivity index is 2.44. The molecule has 0 heterocycles. The molecule has 0 saturated heterocycles. The van der Waals surface area contributed by atoms with Crippen molar-refractivity contribution in [1.82, 2.24) is 0 Å². The number of hydrogen-bond donors (Lipinski definition) is 1. The zero-order chi connectivity index (χ0) is 11.4. The molecule has 0 spiro atoms. The van der Waals surface area contributed by atoms with Gasteiger partial charge in [0.15, 0.2) is 0 Å². The third-order valence-electron chi connectivity index (χ3n) is 2.25. The van der Waals surface area contributed by atoms with Gasteiger partial charge >= 0.3 is 103 Å². The molecule has 0 aliphatic carbocycles. The van der Waals surface area contributed by atoms with Gasteiger partial charge in [0.05, 0.1) is 0 Å². The summed E-state index contributed by atoms with van der Waals surface area (Å²) in [7, 11) is 0. The predicted molar refractivity (Wildman–Crippen MR) is 70.0 cm³/mol. The summed E-state index contributed by atoms with van der Waals surface area (Å²) in [5, 5.41) is 0. The van der Waals surface area contributed by atoms with Crippen molar-refractivity contribution in [3.8, 4) is 0 Å². The minimum absolute atomic E-state index is 0.636. The standard InChI is InChI=1S/C13H12N2Se/c14-13(16)15(11-7-3-1-4-8-11)12-9-5-2-6-10-12/h1-10H,(H2,14,16). The van der Waals surface area contributed by atoms with Crippen LogP contribution in [0.5, 0.6) is 0 Å². The van der Waals surface area contributed by atoms with Crippen LogP contribution in [0.15, 0.2) is 60.7 Å². The van der Waals surface area contributed by atoms with Gasteiger partial charge in [-0.25, -0.2) is 0 Å². The van der Waals surface area contributed by atoms with Crippen LogP contribution < -0.4 is 10.6 Å². The topological polar surface area (TPSA) is 29.3 Å². The van der Waals surface area contributed by atoms with Crippen molar-refractivity contribution in [3.63, 3.8) is 0 Å². The molecule has 3 heteroatoms. The third-order valence-corrected chi connectivity index (χ3v) is 2.63. The Morgan fingerprint density at radius 3 is 1.50 bits per heavy atom. The fourth-order valence-corrected chi connectivity index (χ4v) is 2.00. The summed E-state index contributed by atoms with van der Waals surface area (Å²) < 4.78 is 0.636. The Kier molecular flexibility index (Phi) is 3.40. The van der Waals surface area contributed by atoms with Gasteiger partial charge in [-0.3, -0.25) is 0 Å². The number of benzene rings is 2. The molecular weight excluding hydrogens is 263 g/mol. The van der Waals surface area contributed by atoms with Gasteiger partial charge in [0.2, 0.25) is 0 Å². The molecular formula is C13H12N2Se. The van der Waals surface area contributed by atoms with E-state index in [0.717, 1.165) is 11.4 Å². The summed E-state index contributed by atoms with van der Waals surface area (Å²) in [4.78, 5) is 1.97. The molecule has 2 aromatic carbocycles. The second kappa shape index (κ2) is 4.97. The van der Waals surface area contributed by atoms with Crippen molar-refractivity contribution in [1.29, 1.82) is 0 Å². The van der Waals surface area contributed by atoms with E-state index in [1.165, 1.54) is 0 Å². The molecule has 2 N–H and O–H groups in total. The number of rotatable bonds is 3. The first kappa shape index (κ1) is 10.9. The first-order valence-corrected chi connectivity index (χ1v) is 5.84. The van der Waals surface area contributed by atoms with Crippen molar-refractivity contribution < 1.29 is 0 Å². The van der Waals surface area contributed by atoms with E-state index >= 15 is 0 Å². The van der Waals surface area contributed by atoms with Gasteiger partial charge in [-0.15, -0.1) is 0 Å². The van der Waals surface area contributed by atoms with E-state index in [2.05, 4.69) is 15.6 Å². The second-order valence-electron chi connectivity index (χ2n) is 3.34. The van der Waals surface area contributed by atoms with Crippen molar-refractivity contribution in [2.75, 3.05) is 4.90 Å². The number of nitrogens with zero attached hydrogens (tertiary/aromatic N) is 1. The van der Waals surface area contributed by atoms with Crippen molar-refractivity contribution in [3.05, 3.63) is 60.7 Å². The summed E-state index contributed by atoms with van der Waals surface area (Å²) in [5.41, 5.74) is 7.98. The molecule has 2 nitrogen and oxygen atoms in total. The molecule has 0 aromatic heterocycles. The van der Waals surface area contributed by atoms with Gasteiger partial charge in [0.1, 0.15) is 0 Å². The van der Waals surface area contributed by atoms with E-state index in [4.69, 9.17) is 5.73 Å². The predicted octanol–water partition coefficient (Wildman–Crippen LogP) is 2.04. The van der Waals surface area contributed by atoms with Gasteiger partial charge in [0.25, 0.3) is 0 Å². The summed E-state index contributed by atoms with van der Waals surface area (Å²) in [6, 6.07) is 20.1. The second-order valence-corrected chi connectivity index (χ2v) is 4.22. The molecule has 0 saturated carbocycles. The molecule has 2 rings (SSSR count). The minimum atomic E-state index is 0.636. The number of nitrogens with two attached hydrogens (primary N) is 1. The first-order chi connectivity index (χ1) is 7.79. The number of hydrogen-bond acceptors (Lipinski definition) is 2. The van der Waals surface area contributed by atoms with Crippen molar-refractivity contribution in [2.24, 2.45) is 5.73 Å². The average Bonchev–Trinajstić information content (AvgIpc) is 2.31. The van der Waals surface area contributed by atoms with E-state index in [1.54, 1.807) is 0 Å². The normalized spacial score (nSPS) is 9.75. The van der Waals surface area contributed by atoms with Gasteiger partial charge in [-0.2, -0.15) is 0 Å². The summed E-state index contributed by atoms with van der Waals surface area (Å²) in [6.45, 7) is 0. The molecule has 0 unspecified atom stereocenters. The monoisotopic (exact) mass is 276 g/mol. The Bertz CT molecular complexity index is 428. The Morgan fingerprint density at radius 1 is 0.812 bits per heavy atom. The van der Waals surface area contributed by atoms with Crippen LogP contribution in [-0.2, 0) is 0 Å². The molecule has 0 atom stereocenters. The molecule has 0 aliphatic rings. The SMILES string of the molecule is NC(=[Se])N(c1ccccc1)c1ccccc1. The Hall–Kier alpha value is -1.57. The van der Waals surface area contributed by atoms with Crippen LogP contribution in [0.3, 0.4) is 0 Å². The molecule has 80 valence electrons. The van der Waals surface area contributed by atoms with Crippen LogP contribution in [0, 0.1) is 0 Å². The fourth-order valence-electron chi connectivity index (χ4n) is 1.56. The van der Waals surface area contributed by atoms with E-state index < -0.39 is 0 Å². The maximum atomic E-state index is 5.89. The molecule has 0 bridgehead atoms. The zero-order valence-electron chi connectivity index (χ0n) is 8.71. The van der Waals surface area contributed by atoms with Gasteiger partial charge in [-0.05, 0) is 0 Å². The average molecular weight is 275 g/mol. The Labute approximate surface area is 103 Å². The van der Waals surface area contributed by atoms with Gasteiger partial charge < -0.3 is 0 Å². The summed E-state index contributed by atoms with van der Waals surface area (Å²) in [6.07, 6.45) is 0. The van der Waals surface area contributed by atoms with Crippen LogP contribution >= 0.6 is 0 Å². The zero-order valence-corrected chi connectivity index (χ0v) is 10.4. The number of para-hydroxylation sites is 2. The quantitative estimate of drug-likeness (QED) is 0.869. The van der Waals surface area contributed by atoms with Crippen LogP contribution in [-0.4, -0.2) is 20.2 Å². The maximum absolute atomic E-state index is 5.89. The van der Waals surface area contributed by atoms with E-state index in [9.17, 15) is 0 Å². The van der Waals surface area contributed by atoms with Crippen LogP contribution in [0.4, 0.5) is 11.4 Å². The van der Waals surface area contributed by atoms with Gasteiger partial charge in [0, 0.05) is 0 Å².